The van der Waals surface area contributed by atoms with E-state index in [1.54, 1.807) is 12.1 Å². The zero-order chi connectivity index (χ0) is 13.1. The molecule has 0 saturated carbocycles. The highest BCUT2D eigenvalue weighted by molar-refractivity contribution is 5.77. The van der Waals surface area contributed by atoms with Gasteiger partial charge < -0.3 is 0 Å². The van der Waals surface area contributed by atoms with E-state index < -0.39 is 23.7 Å². The summed E-state index contributed by atoms with van der Waals surface area (Å²) in [7, 11) is 0. The monoisotopic (exact) mass is 238 g/mol. The summed E-state index contributed by atoms with van der Waals surface area (Å²) in [6, 6.07) is 4.80. The number of benzene rings is 1. The van der Waals surface area contributed by atoms with Crippen molar-refractivity contribution in [1.82, 2.24) is 0 Å². The molecule has 3 nitrogen and oxygen atoms in total. The van der Waals surface area contributed by atoms with E-state index in [0.717, 1.165) is 6.07 Å². The number of carbonyl (C=O) groups is 1. The Morgan fingerprint density at radius 1 is 1.29 bits per heavy atom. The number of hydrogen-bond acceptors (Lipinski definition) is 3. The third-order valence-corrected chi connectivity index (χ3v) is 2.09. The number of rotatable bonds is 2. The lowest BCUT2D eigenvalue weighted by Gasteiger charge is -2.12. The van der Waals surface area contributed by atoms with E-state index in [1.807, 2.05) is 0 Å². The van der Waals surface area contributed by atoms with Crippen molar-refractivity contribution in [2.24, 2.45) is 0 Å². The molecule has 0 heterocycles. The first kappa shape index (κ1) is 12.7. The molecule has 0 N–H and O–H groups in total. The summed E-state index contributed by atoms with van der Waals surface area (Å²) in [5.74, 6) is 0. The molecule has 0 radical (unpaired) electrons. The van der Waals surface area contributed by atoms with Gasteiger partial charge in [0.2, 0.25) is 0 Å². The second-order valence-corrected chi connectivity index (χ2v) is 3.16. The lowest BCUT2D eigenvalue weighted by Crippen LogP contribution is -2.11. The molecule has 1 aromatic rings. The molecule has 17 heavy (non-hydrogen) atoms. The smallest absolute Gasteiger partial charge is 0.298 e. The molecule has 0 aliphatic carbocycles. The average molecular weight is 238 g/mol. The van der Waals surface area contributed by atoms with Crippen molar-refractivity contribution in [1.29, 1.82) is 10.5 Å². The summed E-state index contributed by atoms with van der Waals surface area (Å²) < 4.78 is 38.0. The SMILES string of the molecule is N#CCc1c(C#N)cc(C=O)cc1C(F)(F)F. The van der Waals surface area contributed by atoms with Crippen LogP contribution >= 0.6 is 0 Å². The van der Waals surface area contributed by atoms with Crippen LogP contribution in [0.1, 0.15) is 27.0 Å². The van der Waals surface area contributed by atoms with E-state index in [0.29, 0.717) is 6.07 Å². The Kier molecular flexibility index (Phi) is 3.49. The zero-order valence-electron chi connectivity index (χ0n) is 8.38. The van der Waals surface area contributed by atoms with Gasteiger partial charge in [-0.15, -0.1) is 0 Å². The van der Waals surface area contributed by atoms with Crippen molar-refractivity contribution in [3.63, 3.8) is 0 Å². The minimum Gasteiger partial charge on any atom is -0.298 e. The highest BCUT2D eigenvalue weighted by Gasteiger charge is 2.34. The van der Waals surface area contributed by atoms with Crippen molar-refractivity contribution in [2.75, 3.05) is 0 Å². The molecule has 0 bridgehead atoms. The Hall–Kier alpha value is -2.34. The summed E-state index contributed by atoms with van der Waals surface area (Å²) in [5.41, 5.74) is -2.05. The second-order valence-electron chi connectivity index (χ2n) is 3.16. The zero-order valence-corrected chi connectivity index (χ0v) is 8.38. The van der Waals surface area contributed by atoms with E-state index in [-0.39, 0.29) is 17.4 Å². The quantitative estimate of drug-likeness (QED) is 0.743. The first-order valence-electron chi connectivity index (χ1n) is 4.40. The fourth-order valence-corrected chi connectivity index (χ4v) is 1.38. The standard InChI is InChI=1S/C11H5F3N2O/c12-11(13,14)10-4-7(6-17)3-8(5-16)9(10)1-2-15/h3-4,6H,1H2. The molecule has 0 spiro atoms. The highest BCUT2D eigenvalue weighted by Crippen LogP contribution is 2.34. The number of nitrogens with zero attached hydrogens (tertiary/aromatic N) is 2. The molecule has 0 amide bonds. The topological polar surface area (TPSA) is 64.7 Å². The van der Waals surface area contributed by atoms with E-state index in [9.17, 15) is 18.0 Å². The van der Waals surface area contributed by atoms with Crippen LogP contribution < -0.4 is 0 Å². The van der Waals surface area contributed by atoms with Gasteiger partial charge in [-0.3, -0.25) is 4.79 Å². The van der Waals surface area contributed by atoms with Gasteiger partial charge in [-0.2, -0.15) is 23.7 Å². The van der Waals surface area contributed by atoms with Crippen LogP contribution in [-0.4, -0.2) is 6.29 Å². The molecule has 0 saturated heterocycles. The Morgan fingerprint density at radius 2 is 1.94 bits per heavy atom. The van der Waals surface area contributed by atoms with Gasteiger partial charge in [-0.25, -0.2) is 0 Å². The van der Waals surface area contributed by atoms with Gasteiger partial charge in [0.05, 0.1) is 29.7 Å². The van der Waals surface area contributed by atoms with Crippen LogP contribution in [0.15, 0.2) is 12.1 Å². The fourth-order valence-electron chi connectivity index (χ4n) is 1.38. The predicted octanol–water partition coefficient (Wildman–Crippen LogP) is 2.46. The van der Waals surface area contributed by atoms with Gasteiger partial charge in [-0.05, 0) is 17.7 Å². The number of nitriles is 2. The van der Waals surface area contributed by atoms with Gasteiger partial charge in [0.25, 0.3) is 0 Å². The Labute approximate surface area is 94.7 Å². The average Bonchev–Trinajstić information content (AvgIpc) is 2.28. The van der Waals surface area contributed by atoms with Gasteiger partial charge in [0.15, 0.2) is 0 Å². The van der Waals surface area contributed by atoms with E-state index in [4.69, 9.17) is 10.5 Å². The summed E-state index contributed by atoms with van der Waals surface area (Å²) in [6.45, 7) is 0. The normalized spacial score (nSPS) is 10.4. The van der Waals surface area contributed by atoms with Crippen LogP contribution in [0.4, 0.5) is 13.2 Å². The van der Waals surface area contributed by atoms with Crippen molar-refractivity contribution < 1.29 is 18.0 Å². The van der Waals surface area contributed by atoms with Crippen LogP contribution in [0.3, 0.4) is 0 Å². The highest BCUT2D eigenvalue weighted by atomic mass is 19.4. The maximum absolute atomic E-state index is 12.7. The number of aldehydes is 1. The van der Waals surface area contributed by atoms with Crippen LogP contribution in [0.5, 0.6) is 0 Å². The fraction of sp³-hybridized carbons (Fsp3) is 0.182. The molecule has 0 fully saturated rings. The van der Waals surface area contributed by atoms with E-state index in [1.165, 1.54) is 0 Å². The van der Waals surface area contributed by atoms with Crippen LogP contribution in [0, 0.1) is 22.7 Å². The minimum absolute atomic E-state index is 0.228. The molecule has 1 rings (SSSR count). The second kappa shape index (κ2) is 4.67. The van der Waals surface area contributed by atoms with Crippen molar-refractivity contribution >= 4 is 6.29 Å². The number of alkyl halides is 3. The molecule has 1 aromatic carbocycles. The van der Waals surface area contributed by atoms with Gasteiger partial charge in [-0.1, -0.05) is 0 Å². The number of hydrogen-bond donors (Lipinski definition) is 0. The third-order valence-electron chi connectivity index (χ3n) is 2.09. The van der Waals surface area contributed by atoms with Gasteiger partial charge in [0.1, 0.15) is 6.29 Å². The molecule has 0 unspecified atom stereocenters. The maximum atomic E-state index is 12.7. The van der Waals surface area contributed by atoms with Crippen LogP contribution in [0.2, 0.25) is 0 Å². The van der Waals surface area contributed by atoms with Crippen molar-refractivity contribution in [2.45, 2.75) is 12.6 Å². The van der Waals surface area contributed by atoms with Gasteiger partial charge >= 0.3 is 6.18 Å². The summed E-state index contributed by atoms with van der Waals surface area (Å²) >= 11 is 0. The molecule has 0 aromatic heterocycles. The lowest BCUT2D eigenvalue weighted by molar-refractivity contribution is -0.138. The summed E-state index contributed by atoms with van der Waals surface area (Å²) in [4.78, 5) is 10.5. The number of halogens is 3. The molecular weight excluding hydrogens is 233 g/mol. The molecule has 0 atom stereocenters. The Balaban J connectivity index is 3.60. The predicted molar refractivity (Wildman–Crippen MR) is 50.9 cm³/mol. The largest absolute Gasteiger partial charge is 0.416 e. The maximum Gasteiger partial charge on any atom is 0.416 e. The number of carbonyl (C=O) groups excluding carboxylic acids is 1. The van der Waals surface area contributed by atoms with Gasteiger partial charge in [0, 0.05) is 5.56 Å². The minimum atomic E-state index is -4.70. The Bertz CT molecular complexity index is 535. The first-order chi connectivity index (χ1) is 7.93. The summed E-state index contributed by atoms with van der Waals surface area (Å²) in [6.07, 6.45) is -5.00. The lowest BCUT2D eigenvalue weighted by atomic mass is 9.96. The molecule has 86 valence electrons. The van der Waals surface area contributed by atoms with E-state index >= 15 is 0 Å². The third kappa shape index (κ3) is 2.61. The first-order valence-corrected chi connectivity index (χ1v) is 4.40. The van der Waals surface area contributed by atoms with E-state index in [2.05, 4.69) is 0 Å². The summed E-state index contributed by atoms with van der Waals surface area (Å²) in [5, 5.41) is 17.2. The van der Waals surface area contributed by atoms with Crippen LogP contribution in [-0.2, 0) is 12.6 Å². The van der Waals surface area contributed by atoms with Crippen molar-refractivity contribution in [3.8, 4) is 12.1 Å². The molecule has 0 aliphatic heterocycles. The Morgan fingerprint density at radius 3 is 2.35 bits per heavy atom. The molecule has 0 aliphatic rings. The van der Waals surface area contributed by atoms with Crippen molar-refractivity contribution in [3.05, 3.63) is 34.4 Å². The van der Waals surface area contributed by atoms with Crippen LogP contribution in [0.25, 0.3) is 0 Å². The molecular formula is C11H5F3N2O. The molecule has 6 heteroatoms.